The molecule has 27 heavy (non-hydrogen) atoms. The van der Waals surface area contributed by atoms with Crippen LogP contribution in [-0.4, -0.2) is 16.9 Å². The van der Waals surface area contributed by atoms with E-state index in [1.807, 2.05) is 6.92 Å². The number of aliphatic carboxylic acids is 2. The molecule has 0 radical (unpaired) electrons. The number of aromatic nitrogens is 1. The topological polar surface area (TPSA) is 106 Å². The molecule has 0 atom stereocenters. The largest absolute Gasteiger partial charge is 0.549 e. The highest BCUT2D eigenvalue weighted by Gasteiger charge is 2.39. The average molecular weight is 383 g/mol. The molecular formula is C18H16F3NO5-2. The zero-order chi connectivity index (χ0) is 20.2. The number of carbonyl (C=O) groups is 2. The summed E-state index contributed by atoms with van der Waals surface area (Å²) in [4.78, 5) is 25.3. The number of aryl methyl sites for hydroxylation is 2. The van der Waals surface area contributed by atoms with Crippen molar-refractivity contribution in [3.05, 3.63) is 41.3 Å². The monoisotopic (exact) mass is 383 g/mol. The van der Waals surface area contributed by atoms with Crippen LogP contribution in [0.1, 0.15) is 36.3 Å². The standard InChI is InChI=1S/C18H18F3NO5/c1-10-6-8-11(9-7-10)15-22-13(14(27-15)18(19,20)21)5-3-2-4-12(16(23)24)17(25)26/h6-9,12H,2-5H2,1H3,(H,23,24)(H,25,26)/p-2. The molecule has 9 heteroatoms. The van der Waals surface area contributed by atoms with Crippen molar-refractivity contribution in [1.29, 1.82) is 0 Å². The minimum atomic E-state index is -4.73. The second-order valence-corrected chi connectivity index (χ2v) is 6.10. The van der Waals surface area contributed by atoms with Gasteiger partial charge in [0.2, 0.25) is 11.7 Å². The first-order valence-electron chi connectivity index (χ1n) is 8.15. The second-order valence-electron chi connectivity index (χ2n) is 6.10. The quantitative estimate of drug-likeness (QED) is 0.505. The van der Waals surface area contributed by atoms with Gasteiger partial charge in [-0.25, -0.2) is 4.98 Å². The van der Waals surface area contributed by atoms with E-state index in [0.29, 0.717) is 5.56 Å². The summed E-state index contributed by atoms with van der Waals surface area (Å²) in [5.41, 5.74) is 1.01. The fraction of sp³-hybridized carbons (Fsp3) is 0.389. The number of oxazole rings is 1. The number of rotatable bonds is 8. The van der Waals surface area contributed by atoms with Crippen molar-refractivity contribution >= 4 is 11.9 Å². The molecule has 0 fully saturated rings. The molecular weight excluding hydrogens is 367 g/mol. The highest BCUT2D eigenvalue weighted by atomic mass is 19.4. The summed E-state index contributed by atoms with van der Waals surface area (Å²) in [5.74, 6) is -6.75. The number of nitrogens with zero attached hydrogens (tertiary/aromatic N) is 1. The van der Waals surface area contributed by atoms with Gasteiger partial charge >= 0.3 is 6.18 Å². The van der Waals surface area contributed by atoms with Crippen LogP contribution in [0.5, 0.6) is 0 Å². The molecule has 0 aliphatic rings. The number of alkyl halides is 3. The van der Waals surface area contributed by atoms with Gasteiger partial charge < -0.3 is 24.2 Å². The van der Waals surface area contributed by atoms with Crippen LogP contribution in [0.15, 0.2) is 28.7 Å². The van der Waals surface area contributed by atoms with Crippen molar-refractivity contribution in [2.24, 2.45) is 5.92 Å². The Bertz CT molecular complexity index is 797. The summed E-state index contributed by atoms with van der Waals surface area (Å²) in [7, 11) is 0. The molecule has 0 unspecified atom stereocenters. The van der Waals surface area contributed by atoms with Gasteiger partial charge in [-0.3, -0.25) is 0 Å². The number of unbranched alkanes of at least 4 members (excludes halogenated alkanes) is 1. The van der Waals surface area contributed by atoms with Gasteiger partial charge in [-0.05, 0) is 38.3 Å². The van der Waals surface area contributed by atoms with Crippen LogP contribution in [-0.2, 0) is 22.2 Å². The third kappa shape index (κ3) is 5.32. The van der Waals surface area contributed by atoms with Crippen molar-refractivity contribution in [2.75, 3.05) is 0 Å². The van der Waals surface area contributed by atoms with Gasteiger partial charge in [0.1, 0.15) is 0 Å². The lowest BCUT2D eigenvalue weighted by Crippen LogP contribution is -2.43. The Morgan fingerprint density at radius 1 is 1.11 bits per heavy atom. The Labute approximate surface area is 152 Å². The van der Waals surface area contributed by atoms with Crippen LogP contribution in [0.25, 0.3) is 11.5 Å². The first-order valence-corrected chi connectivity index (χ1v) is 8.15. The van der Waals surface area contributed by atoms with Crippen LogP contribution < -0.4 is 10.2 Å². The fourth-order valence-electron chi connectivity index (χ4n) is 2.54. The first-order chi connectivity index (χ1) is 12.6. The number of carboxylic acid groups (broad SMARTS) is 2. The Kier molecular flexibility index (Phi) is 6.24. The zero-order valence-electron chi connectivity index (χ0n) is 14.3. The smallest absolute Gasteiger partial charge is 0.451 e. The summed E-state index contributed by atoms with van der Waals surface area (Å²) in [6, 6.07) is 6.61. The predicted octanol–water partition coefficient (Wildman–Crippen LogP) is 1.50. The number of carbonyl (C=O) groups excluding carboxylic acids is 2. The average Bonchev–Trinajstić information content (AvgIpc) is 2.99. The van der Waals surface area contributed by atoms with E-state index in [4.69, 9.17) is 4.42 Å². The molecule has 6 nitrogen and oxygen atoms in total. The molecule has 2 aromatic rings. The molecule has 1 aromatic carbocycles. The Morgan fingerprint density at radius 2 is 1.70 bits per heavy atom. The molecule has 0 saturated carbocycles. The van der Waals surface area contributed by atoms with Gasteiger partial charge in [-0.2, -0.15) is 13.2 Å². The number of carboxylic acids is 2. The number of hydrogen-bond acceptors (Lipinski definition) is 6. The van der Waals surface area contributed by atoms with Crippen LogP contribution in [0.4, 0.5) is 13.2 Å². The van der Waals surface area contributed by atoms with Crippen LogP contribution in [0.3, 0.4) is 0 Å². The molecule has 1 aromatic heterocycles. The number of hydrogen-bond donors (Lipinski definition) is 0. The molecule has 0 aliphatic heterocycles. The summed E-state index contributed by atoms with van der Waals surface area (Å²) in [5, 5.41) is 21.3. The highest BCUT2D eigenvalue weighted by Crippen LogP contribution is 2.36. The minimum Gasteiger partial charge on any atom is -0.549 e. The highest BCUT2D eigenvalue weighted by molar-refractivity contribution is 5.90. The van der Waals surface area contributed by atoms with Crippen LogP contribution in [0, 0.1) is 12.8 Å². The van der Waals surface area contributed by atoms with Crippen molar-refractivity contribution in [3.8, 4) is 11.5 Å². The molecule has 0 spiro atoms. The number of halogens is 3. The van der Waals surface area contributed by atoms with E-state index in [1.54, 1.807) is 24.3 Å². The van der Waals surface area contributed by atoms with Gasteiger partial charge in [0.05, 0.1) is 17.6 Å². The fourth-order valence-corrected chi connectivity index (χ4v) is 2.54. The van der Waals surface area contributed by atoms with E-state index in [9.17, 15) is 33.0 Å². The number of benzene rings is 1. The zero-order valence-corrected chi connectivity index (χ0v) is 14.3. The summed E-state index contributed by atoms with van der Waals surface area (Å²) < 4.78 is 44.5. The van der Waals surface area contributed by atoms with Crippen molar-refractivity contribution in [2.45, 2.75) is 38.8 Å². The van der Waals surface area contributed by atoms with Gasteiger partial charge in [0.25, 0.3) is 0 Å². The maximum Gasteiger partial charge on any atom is 0.451 e. The van der Waals surface area contributed by atoms with Crippen molar-refractivity contribution in [1.82, 2.24) is 4.98 Å². The van der Waals surface area contributed by atoms with Crippen molar-refractivity contribution in [3.63, 3.8) is 0 Å². The van der Waals surface area contributed by atoms with Gasteiger partial charge in [0, 0.05) is 11.5 Å². The summed E-state index contributed by atoms with van der Waals surface area (Å²) in [6.45, 7) is 1.83. The minimum absolute atomic E-state index is 0.0522. The maximum atomic E-state index is 13.2. The lowest BCUT2D eigenvalue weighted by molar-refractivity contribution is -0.332. The molecule has 0 aliphatic carbocycles. The maximum absolute atomic E-state index is 13.2. The Morgan fingerprint density at radius 3 is 2.22 bits per heavy atom. The van der Waals surface area contributed by atoms with Crippen molar-refractivity contribution < 1.29 is 37.4 Å². The van der Waals surface area contributed by atoms with E-state index in [0.717, 1.165) is 5.56 Å². The normalized spacial score (nSPS) is 11.7. The third-order valence-corrected chi connectivity index (χ3v) is 3.98. The lowest BCUT2D eigenvalue weighted by atomic mass is 10.0. The van der Waals surface area contributed by atoms with E-state index in [-0.39, 0.29) is 37.3 Å². The van der Waals surface area contributed by atoms with E-state index in [1.165, 1.54) is 0 Å². The first kappa shape index (κ1) is 20.5. The Balaban J connectivity index is 2.12. The SMILES string of the molecule is Cc1ccc(-c2nc(CCCCC(C(=O)[O-])C(=O)[O-])c(C(F)(F)F)o2)cc1. The van der Waals surface area contributed by atoms with E-state index >= 15 is 0 Å². The van der Waals surface area contributed by atoms with Gasteiger partial charge in [0.15, 0.2) is 0 Å². The summed E-state index contributed by atoms with van der Waals surface area (Å²) >= 11 is 0. The molecule has 0 amide bonds. The lowest BCUT2D eigenvalue weighted by Gasteiger charge is -2.18. The molecule has 1 heterocycles. The van der Waals surface area contributed by atoms with Gasteiger partial charge in [-0.15, -0.1) is 0 Å². The van der Waals surface area contributed by atoms with Crippen LogP contribution >= 0.6 is 0 Å². The van der Waals surface area contributed by atoms with Gasteiger partial charge in [-0.1, -0.05) is 24.1 Å². The summed E-state index contributed by atoms with van der Waals surface area (Å²) in [6.07, 6.45) is -5.02. The second kappa shape index (κ2) is 8.24. The van der Waals surface area contributed by atoms with Crippen LogP contribution in [0.2, 0.25) is 0 Å². The molecule has 0 bridgehead atoms. The predicted molar refractivity (Wildman–Crippen MR) is 82.7 cm³/mol. The molecule has 0 N–H and O–H groups in total. The Hall–Kier alpha value is -2.84. The molecule has 2 rings (SSSR count). The van der Waals surface area contributed by atoms with E-state index in [2.05, 4.69) is 4.98 Å². The third-order valence-electron chi connectivity index (χ3n) is 3.98. The molecule has 0 saturated heterocycles. The van der Waals surface area contributed by atoms with E-state index < -0.39 is 29.8 Å². The molecule has 146 valence electrons.